The van der Waals surface area contributed by atoms with Gasteiger partial charge in [-0.2, -0.15) is 0 Å². The van der Waals surface area contributed by atoms with Crippen molar-refractivity contribution in [1.29, 1.82) is 0 Å². The molecule has 21 heavy (non-hydrogen) atoms. The first-order valence-corrected chi connectivity index (χ1v) is 6.40. The maximum absolute atomic E-state index is 12.8. The number of carbonyl (C=O) groups excluding carboxylic acids is 1. The van der Waals surface area contributed by atoms with Gasteiger partial charge in [0.2, 0.25) is 0 Å². The van der Waals surface area contributed by atoms with Crippen LogP contribution in [0.2, 0.25) is 0 Å². The Labute approximate surface area is 122 Å². The second-order valence-electron chi connectivity index (χ2n) is 4.26. The number of rotatable bonds is 5. The molecule has 2 aromatic carbocycles. The third-order valence-corrected chi connectivity index (χ3v) is 2.69. The first-order valence-electron chi connectivity index (χ1n) is 6.40. The highest BCUT2D eigenvalue weighted by atomic mass is 19.1. The number of ether oxygens (including phenoxy) is 1. The summed E-state index contributed by atoms with van der Waals surface area (Å²) in [6, 6.07) is 12.9. The van der Waals surface area contributed by atoms with Crippen LogP contribution in [0.1, 0.15) is 5.56 Å². The smallest absolute Gasteiger partial charge is 0.328 e. The summed E-state index contributed by atoms with van der Waals surface area (Å²) >= 11 is 0. The van der Waals surface area contributed by atoms with E-state index in [1.807, 2.05) is 12.1 Å². The van der Waals surface area contributed by atoms with Gasteiger partial charge in [0.25, 0.3) is 0 Å². The molecule has 0 saturated carbocycles. The predicted octanol–water partition coefficient (Wildman–Crippen LogP) is 2.55. The molecule has 2 rings (SSSR count). The van der Waals surface area contributed by atoms with E-state index in [1.54, 1.807) is 31.3 Å². The molecule has 2 amide bonds. The summed E-state index contributed by atoms with van der Waals surface area (Å²) in [7, 11) is 1.54. The van der Waals surface area contributed by atoms with Crippen molar-refractivity contribution in [2.45, 2.75) is 6.54 Å². The van der Waals surface area contributed by atoms with Gasteiger partial charge in [-0.25, -0.2) is 14.6 Å². The number of hydrogen-bond acceptors (Lipinski definition) is 3. The van der Waals surface area contributed by atoms with E-state index in [1.165, 1.54) is 12.1 Å². The normalized spacial score (nSPS) is 10.0. The second kappa shape index (κ2) is 7.25. The van der Waals surface area contributed by atoms with E-state index in [9.17, 15) is 9.18 Å². The van der Waals surface area contributed by atoms with E-state index >= 15 is 0 Å². The zero-order valence-electron chi connectivity index (χ0n) is 11.5. The third kappa shape index (κ3) is 4.77. The van der Waals surface area contributed by atoms with Crippen LogP contribution >= 0.6 is 0 Å². The Bertz CT molecular complexity index is 585. The summed E-state index contributed by atoms with van der Waals surface area (Å²) in [6.07, 6.45) is 0. The first-order chi connectivity index (χ1) is 10.2. The summed E-state index contributed by atoms with van der Waals surface area (Å²) < 4.78 is 18.4. The van der Waals surface area contributed by atoms with E-state index in [2.05, 4.69) is 16.2 Å². The molecule has 0 spiro atoms. The summed E-state index contributed by atoms with van der Waals surface area (Å²) in [6.45, 7) is 0.490. The fraction of sp³-hybridized carbons (Fsp3) is 0.133. The molecule has 0 fully saturated rings. The number of hydrazine groups is 1. The average Bonchev–Trinajstić information content (AvgIpc) is 2.51. The van der Waals surface area contributed by atoms with Gasteiger partial charge < -0.3 is 10.1 Å². The number of halogens is 1. The lowest BCUT2D eigenvalue weighted by molar-refractivity contribution is 0.238. The van der Waals surface area contributed by atoms with Crippen molar-refractivity contribution < 1.29 is 13.9 Å². The molecule has 0 heterocycles. The van der Waals surface area contributed by atoms with E-state index in [0.717, 1.165) is 5.56 Å². The van der Waals surface area contributed by atoms with Crippen LogP contribution in [0.15, 0.2) is 48.5 Å². The Hall–Kier alpha value is -2.60. The van der Waals surface area contributed by atoms with Crippen LogP contribution in [0.4, 0.5) is 9.18 Å². The molecule has 110 valence electrons. The van der Waals surface area contributed by atoms with E-state index in [0.29, 0.717) is 18.0 Å². The predicted molar refractivity (Wildman–Crippen MR) is 77.3 cm³/mol. The van der Waals surface area contributed by atoms with Crippen molar-refractivity contribution in [3.63, 3.8) is 0 Å². The van der Waals surface area contributed by atoms with Crippen LogP contribution in [-0.4, -0.2) is 13.1 Å². The molecule has 0 aromatic heterocycles. The highest BCUT2D eigenvalue weighted by molar-refractivity contribution is 5.72. The van der Waals surface area contributed by atoms with Gasteiger partial charge in [0.05, 0.1) is 0 Å². The highest BCUT2D eigenvalue weighted by Crippen LogP contribution is 2.21. The first kappa shape index (κ1) is 14.8. The molecule has 0 aliphatic heterocycles. The van der Waals surface area contributed by atoms with Crippen LogP contribution in [0.5, 0.6) is 11.5 Å². The molecule has 0 aliphatic carbocycles. The number of nitrogens with one attached hydrogen (secondary N) is 3. The van der Waals surface area contributed by atoms with Crippen molar-refractivity contribution in [2.75, 3.05) is 7.05 Å². The topological polar surface area (TPSA) is 62.4 Å². The number of hydrogen-bond donors (Lipinski definition) is 3. The van der Waals surface area contributed by atoms with E-state index < -0.39 is 0 Å². The molecule has 0 aliphatic rings. The molecule has 0 saturated heterocycles. The summed E-state index contributed by atoms with van der Waals surface area (Å²) in [4.78, 5) is 11.0. The van der Waals surface area contributed by atoms with Crippen molar-refractivity contribution in [3.05, 3.63) is 59.9 Å². The molecular formula is C15H16FN3O2. The second-order valence-corrected chi connectivity index (χ2v) is 4.26. The number of benzene rings is 2. The summed E-state index contributed by atoms with van der Waals surface area (Å²) in [5, 5.41) is 2.43. The Morgan fingerprint density at radius 2 is 1.62 bits per heavy atom. The molecule has 0 bridgehead atoms. The Morgan fingerprint density at radius 1 is 1.05 bits per heavy atom. The Balaban J connectivity index is 1.86. The van der Waals surface area contributed by atoms with Gasteiger partial charge in [0, 0.05) is 13.6 Å². The number of amides is 2. The molecule has 3 N–H and O–H groups in total. The molecule has 6 heteroatoms. The monoisotopic (exact) mass is 289 g/mol. The molecule has 5 nitrogen and oxygen atoms in total. The van der Waals surface area contributed by atoms with Crippen LogP contribution in [0.25, 0.3) is 0 Å². The number of carbonyl (C=O) groups is 1. The SMILES string of the molecule is CNC(=O)NNCc1ccc(Oc2ccc(F)cc2)cc1. The van der Waals surface area contributed by atoms with Crippen LogP contribution < -0.4 is 20.9 Å². The van der Waals surface area contributed by atoms with Gasteiger partial charge in [0.1, 0.15) is 17.3 Å². The quantitative estimate of drug-likeness (QED) is 0.741. The van der Waals surface area contributed by atoms with Gasteiger partial charge in [-0.3, -0.25) is 5.43 Å². The van der Waals surface area contributed by atoms with Crippen molar-refractivity contribution in [1.82, 2.24) is 16.2 Å². The van der Waals surface area contributed by atoms with E-state index in [4.69, 9.17) is 4.74 Å². The molecule has 0 atom stereocenters. The van der Waals surface area contributed by atoms with Gasteiger partial charge >= 0.3 is 6.03 Å². The van der Waals surface area contributed by atoms with Crippen LogP contribution in [-0.2, 0) is 6.54 Å². The fourth-order valence-corrected chi connectivity index (χ4v) is 1.60. The minimum atomic E-state index is -0.300. The molecule has 0 unspecified atom stereocenters. The van der Waals surface area contributed by atoms with E-state index in [-0.39, 0.29) is 11.8 Å². The van der Waals surface area contributed by atoms with Gasteiger partial charge in [0.15, 0.2) is 0 Å². The lowest BCUT2D eigenvalue weighted by Gasteiger charge is -2.08. The lowest BCUT2D eigenvalue weighted by atomic mass is 10.2. The Morgan fingerprint density at radius 3 is 2.19 bits per heavy atom. The van der Waals surface area contributed by atoms with Crippen LogP contribution in [0, 0.1) is 5.82 Å². The minimum Gasteiger partial charge on any atom is -0.457 e. The Kier molecular flexibility index (Phi) is 5.11. The summed E-state index contributed by atoms with van der Waals surface area (Å²) in [5.74, 6) is 0.931. The average molecular weight is 289 g/mol. The maximum atomic E-state index is 12.8. The zero-order valence-corrected chi connectivity index (χ0v) is 11.5. The zero-order chi connectivity index (χ0) is 15.1. The highest BCUT2D eigenvalue weighted by Gasteiger charge is 1.99. The van der Waals surface area contributed by atoms with Crippen molar-refractivity contribution in [3.8, 4) is 11.5 Å². The van der Waals surface area contributed by atoms with Crippen molar-refractivity contribution in [2.24, 2.45) is 0 Å². The minimum absolute atomic E-state index is 0.299. The van der Waals surface area contributed by atoms with Crippen molar-refractivity contribution >= 4 is 6.03 Å². The largest absolute Gasteiger partial charge is 0.457 e. The lowest BCUT2D eigenvalue weighted by Crippen LogP contribution is -2.42. The number of urea groups is 1. The third-order valence-electron chi connectivity index (χ3n) is 2.69. The standard InChI is InChI=1S/C15H16FN3O2/c1-17-15(20)19-18-10-11-2-6-13(7-3-11)21-14-8-4-12(16)5-9-14/h2-9,18H,10H2,1H3,(H2,17,19,20). The summed E-state index contributed by atoms with van der Waals surface area (Å²) in [5.41, 5.74) is 6.24. The molecular weight excluding hydrogens is 273 g/mol. The van der Waals surface area contributed by atoms with Gasteiger partial charge in [-0.05, 0) is 42.0 Å². The van der Waals surface area contributed by atoms with Gasteiger partial charge in [-0.15, -0.1) is 0 Å². The maximum Gasteiger partial charge on any atom is 0.328 e. The van der Waals surface area contributed by atoms with Gasteiger partial charge in [-0.1, -0.05) is 12.1 Å². The molecule has 2 aromatic rings. The molecule has 0 radical (unpaired) electrons. The van der Waals surface area contributed by atoms with Crippen LogP contribution in [0.3, 0.4) is 0 Å². The fourth-order valence-electron chi connectivity index (χ4n) is 1.60.